The van der Waals surface area contributed by atoms with Crippen molar-refractivity contribution in [3.8, 4) is 5.75 Å². The van der Waals surface area contributed by atoms with E-state index in [1.807, 2.05) is 0 Å². The van der Waals surface area contributed by atoms with Gasteiger partial charge in [0, 0.05) is 23.9 Å². The van der Waals surface area contributed by atoms with Crippen LogP contribution in [0.5, 0.6) is 5.75 Å². The maximum atomic E-state index is 13.5. The highest BCUT2D eigenvalue weighted by molar-refractivity contribution is 5.90. The van der Waals surface area contributed by atoms with Crippen LogP contribution in [0.25, 0.3) is 10.8 Å². The van der Waals surface area contributed by atoms with Crippen LogP contribution in [0.3, 0.4) is 0 Å². The molecule has 88 valence electrons. The lowest BCUT2D eigenvalue weighted by atomic mass is 10.1. The largest absolute Gasteiger partial charge is 0.412 e. The summed E-state index contributed by atoms with van der Waals surface area (Å²) >= 11 is 0. The average molecular weight is 237 g/mol. The maximum Gasteiger partial charge on any atom is 0.412 e. The third kappa shape index (κ3) is 2.18. The number of benzene rings is 2. The number of carbonyl (C=O) groups is 1. The van der Waals surface area contributed by atoms with Gasteiger partial charge in [0.15, 0.2) is 0 Å². The number of hydrogen-bond acceptors (Lipinski definition) is 2. The number of amides is 1. The van der Waals surface area contributed by atoms with Crippen molar-refractivity contribution in [1.29, 1.82) is 0 Å². The first kappa shape index (κ1) is 11.3. The third-order valence-electron chi connectivity index (χ3n) is 2.28. The minimum atomic E-state index is -0.719. The van der Waals surface area contributed by atoms with Crippen molar-refractivity contribution in [2.75, 3.05) is 7.05 Å². The Balaban J connectivity index is 2.60. The quantitative estimate of drug-likeness (QED) is 0.828. The predicted molar refractivity (Wildman–Crippen MR) is 58.9 cm³/mol. The van der Waals surface area contributed by atoms with Crippen LogP contribution in [-0.2, 0) is 0 Å². The molecule has 0 unspecified atom stereocenters. The SMILES string of the molecule is CNC(=O)Oc1cccc2c(F)cc(F)cc12. The second-order valence-electron chi connectivity index (χ2n) is 3.38. The van der Waals surface area contributed by atoms with Gasteiger partial charge in [-0.1, -0.05) is 12.1 Å². The Morgan fingerprint density at radius 2 is 2.00 bits per heavy atom. The molecule has 0 fully saturated rings. The van der Waals surface area contributed by atoms with Crippen LogP contribution in [0.15, 0.2) is 30.3 Å². The molecule has 2 rings (SSSR count). The summed E-state index contributed by atoms with van der Waals surface area (Å²) in [6.45, 7) is 0. The van der Waals surface area contributed by atoms with Crippen molar-refractivity contribution in [2.24, 2.45) is 0 Å². The average Bonchev–Trinajstić information content (AvgIpc) is 2.30. The summed E-state index contributed by atoms with van der Waals surface area (Å²) in [4.78, 5) is 11.1. The number of fused-ring (bicyclic) bond motifs is 1. The lowest BCUT2D eigenvalue weighted by Gasteiger charge is -2.07. The minimum Gasteiger partial charge on any atom is -0.410 e. The monoisotopic (exact) mass is 237 g/mol. The maximum absolute atomic E-state index is 13.5. The van der Waals surface area contributed by atoms with E-state index in [1.54, 1.807) is 0 Å². The minimum absolute atomic E-state index is 0.111. The smallest absolute Gasteiger partial charge is 0.410 e. The predicted octanol–water partition coefficient (Wildman–Crippen LogP) is 2.84. The molecule has 3 nitrogen and oxygen atoms in total. The zero-order valence-corrected chi connectivity index (χ0v) is 8.96. The molecule has 0 bridgehead atoms. The number of halogens is 2. The van der Waals surface area contributed by atoms with Crippen LogP contribution in [0, 0.1) is 11.6 Å². The van der Waals surface area contributed by atoms with E-state index in [0.29, 0.717) is 0 Å². The van der Waals surface area contributed by atoms with Crippen molar-refractivity contribution in [1.82, 2.24) is 5.32 Å². The fourth-order valence-corrected chi connectivity index (χ4v) is 1.52. The van der Waals surface area contributed by atoms with E-state index in [1.165, 1.54) is 25.2 Å². The van der Waals surface area contributed by atoms with Gasteiger partial charge in [-0.15, -0.1) is 0 Å². The van der Waals surface area contributed by atoms with Crippen LogP contribution >= 0.6 is 0 Å². The fourth-order valence-electron chi connectivity index (χ4n) is 1.52. The van der Waals surface area contributed by atoms with E-state index in [4.69, 9.17) is 4.74 Å². The Labute approximate surface area is 96.0 Å². The lowest BCUT2D eigenvalue weighted by Crippen LogP contribution is -2.22. The zero-order valence-electron chi connectivity index (χ0n) is 8.96. The van der Waals surface area contributed by atoms with E-state index < -0.39 is 17.7 Å². The molecule has 0 saturated heterocycles. The summed E-state index contributed by atoms with van der Waals surface area (Å²) in [5, 5.41) is 2.68. The first-order chi connectivity index (χ1) is 8.11. The topological polar surface area (TPSA) is 38.3 Å². The molecular weight excluding hydrogens is 228 g/mol. The molecule has 2 aromatic rings. The highest BCUT2D eigenvalue weighted by Crippen LogP contribution is 2.28. The van der Waals surface area contributed by atoms with Gasteiger partial charge in [0.2, 0.25) is 0 Å². The summed E-state index contributed by atoms with van der Waals surface area (Å²) in [7, 11) is 1.40. The van der Waals surface area contributed by atoms with E-state index in [-0.39, 0.29) is 16.5 Å². The molecule has 0 aliphatic heterocycles. The van der Waals surface area contributed by atoms with Gasteiger partial charge in [0.25, 0.3) is 0 Å². The van der Waals surface area contributed by atoms with Crippen molar-refractivity contribution >= 4 is 16.9 Å². The first-order valence-corrected chi connectivity index (χ1v) is 4.89. The summed E-state index contributed by atoms with van der Waals surface area (Å²) in [6.07, 6.45) is -0.692. The molecular formula is C12H9F2NO2. The summed E-state index contributed by atoms with van der Waals surface area (Å²) in [6, 6.07) is 6.39. The molecule has 0 saturated carbocycles. The van der Waals surface area contributed by atoms with Crippen LogP contribution in [0.2, 0.25) is 0 Å². The highest BCUT2D eigenvalue weighted by atomic mass is 19.1. The van der Waals surface area contributed by atoms with E-state index >= 15 is 0 Å². The van der Waals surface area contributed by atoms with E-state index in [9.17, 15) is 13.6 Å². The highest BCUT2D eigenvalue weighted by Gasteiger charge is 2.10. The van der Waals surface area contributed by atoms with Crippen molar-refractivity contribution in [3.63, 3.8) is 0 Å². The van der Waals surface area contributed by atoms with E-state index in [0.717, 1.165) is 12.1 Å². The number of hydrogen-bond donors (Lipinski definition) is 1. The van der Waals surface area contributed by atoms with Crippen LogP contribution in [0.4, 0.5) is 13.6 Å². The van der Waals surface area contributed by atoms with Gasteiger partial charge in [-0.3, -0.25) is 0 Å². The molecule has 17 heavy (non-hydrogen) atoms. The molecule has 0 aliphatic carbocycles. The molecule has 1 N–H and O–H groups in total. The normalized spacial score (nSPS) is 10.3. The van der Waals surface area contributed by atoms with Gasteiger partial charge in [-0.25, -0.2) is 13.6 Å². The molecule has 0 aromatic heterocycles. The summed E-state index contributed by atoms with van der Waals surface area (Å²) < 4.78 is 31.5. The molecule has 2 aromatic carbocycles. The number of carbonyl (C=O) groups excluding carboxylic acids is 1. The summed E-state index contributed by atoms with van der Waals surface area (Å²) in [5.74, 6) is -1.30. The van der Waals surface area contributed by atoms with Gasteiger partial charge >= 0.3 is 6.09 Å². The molecule has 5 heteroatoms. The standard InChI is InChI=1S/C12H9F2NO2/c1-15-12(16)17-11-4-2-3-8-9(11)5-7(13)6-10(8)14/h2-6H,1H3,(H,15,16). The van der Waals surface area contributed by atoms with Crippen LogP contribution < -0.4 is 10.1 Å². The van der Waals surface area contributed by atoms with Gasteiger partial charge in [0.05, 0.1) is 0 Å². The van der Waals surface area contributed by atoms with Crippen molar-refractivity contribution in [3.05, 3.63) is 42.0 Å². The second-order valence-corrected chi connectivity index (χ2v) is 3.38. The van der Waals surface area contributed by atoms with Crippen LogP contribution in [-0.4, -0.2) is 13.1 Å². The molecule has 0 atom stereocenters. The molecule has 0 spiro atoms. The van der Waals surface area contributed by atoms with Crippen molar-refractivity contribution in [2.45, 2.75) is 0 Å². The first-order valence-electron chi connectivity index (χ1n) is 4.89. The Kier molecular flexibility index (Phi) is 2.91. The molecule has 0 radical (unpaired) electrons. The van der Waals surface area contributed by atoms with Gasteiger partial charge < -0.3 is 10.1 Å². The van der Waals surface area contributed by atoms with Crippen LogP contribution in [0.1, 0.15) is 0 Å². The third-order valence-corrected chi connectivity index (χ3v) is 2.28. The van der Waals surface area contributed by atoms with Gasteiger partial charge in [-0.2, -0.15) is 0 Å². The number of rotatable bonds is 1. The van der Waals surface area contributed by atoms with Gasteiger partial charge in [-0.05, 0) is 12.1 Å². The van der Waals surface area contributed by atoms with Crippen molar-refractivity contribution < 1.29 is 18.3 Å². The second kappa shape index (κ2) is 4.37. The Morgan fingerprint density at radius 3 is 2.71 bits per heavy atom. The molecule has 1 amide bonds. The summed E-state index contributed by atoms with van der Waals surface area (Å²) in [5.41, 5.74) is 0. The lowest BCUT2D eigenvalue weighted by molar-refractivity contribution is 0.203. The molecule has 0 aliphatic rings. The number of nitrogens with one attached hydrogen (secondary N) is 1. The Hall–Kier alpha value is -2.17. The van der Waals surface area contributed by atoms with E-state index in [2.05, 4.69) is 5.32 Å². The molecule has 0 heterocycles. The van der Waals surface area contributed by atoms with Gasteiger partial charge in [0.1, 0.15) is 17.4 Å². The Morgan fingerprint density at radius 1 is 1.24 bits per heavy atom. The zero-order chi connectivity index (χ0) is 12.4. The number of ether oxygens (including phenoxy) is 1. The Bertz CT molecular complexity index is 584. The fraction of sp³-hybridized carbons (Fsp3) is 0.0833.